The lowest BCUT2D eigenvalue weighted by molar-refractivity contribution is 0.476. The number of halogens is 1. The van der Waals surface area contributed by atoms with E-state index in [1.165, 1.54) is 4.90 Å². The summed E-state index contributed by atoms with van der Waals surface area (Å²) in [6.45, 7) is 2.53. The highest BCUT2D eigenvalue weighted by Gasteiger charge is 2.25. The van der Waals surface area contributed by atoms with E-state index < -0.39 is 10.0 Å². The van der Waals surface area contributed by atoms with E-state index in [2.05, 4.69) is 44.2 Å². The predicted octanol–water partition coefficient (Wildman–Crippen LogP) is 3.41. The average molecular weight is 575 g/mol. The minimum absolute atomic E-state index is 0. The fraction of sp³-hybridized carbons (Fsp3) is 0.409. The van der Waals surface area contributed by atoms with E-state index in [9.17, 15) is 8.42 Å². The Morgan fingerprint density at radius 2 is 1.81 bits per heavy atom. The molecule has 0 bridgehead atoms. The molecule has 1 unspecified atom stereocenters. The monoisotopic (exact) mass is 574 g/mol. The molecule has 170 valence electrons. The minimum atomic E-state index is -3.35. The number of sulfonamides is 1. The van der Waals surface area contributed by atoms with Crippen LogP contribution in [0.5, 0.6) is 0 Å². The molecule has 6 nitrogen and oxygen atoms in total. The third kappa shape index (κ3) is 8.99. The fourth-order valence-electron chi connectivity index (χ4n) is 3.38. The molecule has 1 aliphatic heterocycles. The van der Waals surface area contributed by atoms with Crippen LogP contribution in [0, 0.1) is 5.92 Å². The number of hydrogen-bond donors (Lipinski definition) is 2. The predicted molar refractivity (Wildman–Crippen MR) is 141 cm³/mol. The molecule has 9 heteroatoms. The molecule has 1 atom stereocenters. The van der Waals surface area contributed by atoms with Crippen LogP contribution in [0.2, 0.25) is 0 Å². The van der Waals surface area contributed by atoms with Gasteiger partial charge in [0.2, 0.25) is 10.0 Å². The highest BCUT2D eigenvalue weighted by molar-refractivity contribution is 14.0. The standard InChI is InChI=1S/C22H30N4O2S2.HI/c1-23-22(24-13-15-30(27,28)25-16-19-8-4-2-5-9-19)26-14-12-20(17-26)18-29-21-10-6-3-7-11-21;/h2-11,20,25H,12-18H2,1H3,(H,23,24);1H. The maximum Gasteiger partial charge on any atom is 0.213 e. The van der Waals surface area contributed by atoms with Gasteiger partial charge in [0.25, 0.3) is 0 Å². The van der Waals surface area contributed by atoms with Gasteiger partial charge < -0.3 is 10.2 Å². The summed E-state index contributed by atoms with van der Waals surface area (Å²) in [6, 6.07) is 20.0. The van der Waals surface area contributed by atoms with Crippen molar-refractivity contribution < 1.29 is 8.42 Å². The van der Waals surface area contributed by atoms with Crippen LogP contribution >= 0.6 is 35.7 Å². The van der Waals surface area contributed by atoms with Crippen molar-refractivity contribution >= 4 is 51.7 Å². The van der Waals surface area contributed by atoms with Gasteiger partial charge in [-0.1, -0.05) is 48.5 Å². The molecule has 0 aromatic heterocycles. The quantitative estimate of drug-likeness (QED) is 0.208. The van der Waals surface area contributed by atoms with Crippen molar-refractivity contribution in [1.82, 2.24) is 14.9 Å². The summed E-state index contributed by atoms with van der Waals surface area (Å²) in [5.74, 6) is 2.47. The van der Waals surface area contributed by atoms with E-state index in [1.54, 1.807) is 7.05 Å². The molecule has 31 heavy (non-hydrogen) atoms. The van der Waals surface area contributed by atoms with E-state index in [4.69, 9.17) is 0 Å². The van der Waals surface area contributed by atoms with Crippen LogP contribution in [0.4, 0.5) is 0 Å². The highest BCUT2D eigenvalue weighted by Crippen LogP contribution is 2.25. The van der Waals surface area contributed by atoms with Crippen LogP contribution in [0.25, 0.3) is 0 Å². The van der Waals surface area contributed by atoms with Gasteiger partial charge in [-0.05, 0) is 30.0 Å². The molecule has 0 radical (unpaired) electrons. The number of nitrogens with zero attached hydrogens (tertiary/aromatic N) is 2. The third-order valence-electron chi connectivity index (χ3n) is 5.02. The molecule has 2 aromatic carbocycles. The Morgan fingerprint density at radius 3 is 2.48 bits per heavy atom. The molecule has 0 saturated carbocycles. The van der Waals surface area contributed by atoms with Gasteiger partial charge in [0.1, 0.15) is 0 Å². The van der Waals surface area contributed by atoms with Crippen LogP contribution in [0.1, 0.15) is 12.0 Å². The number of guanidine groups is 1. The van der Waals surface area contributed by atoms with Gasteiger partial charge in [-0.3, -0.25) is 4.99 Å². The summed E-state index contributed by atoms with van der Waals surface area (Å²) in [4.78, 5) is 7.87. The van der Waals surface area contributed by atoms with Crippen molar-refractivity contribution in [2.45, 2.75) is 17.9 Å². The Balaban J connectivity index is 0.00000341. The summed E-state index contributed by atoms with van der Waals surface area (Å²) in [7, 11) is -1.60. The van der Waals surface area contributed by atoms with Gasteiger partial charge in [-0.25, -0.2) is 13.1 Å². The molecular formula is C22H31IN4O2S2. The number of hydrogen-bond acceptors (Lipinski definition) is 4. The number of nitrogens with one attached hydrogen (secondary N) is 2. The Morgan fingerprint density at radius 1 is 1.13 bits per heavy atom. The van der Waals surface area contributed by atoms with Crippen LogP contribution in [0.15, 0.2) is 70.6 Å². The first-order chi connectivity index (χ1) is 14.6. The Bertz CT molecular complexity index is 912. The zero-order valence-electron chi connectivity index (χ0n) is 17.7. The molecule has 1 fully saturated rings. The maximum atomic E-state index is 12.3. The maximum absolute atomic E-state index is 12.3. The summed E-state index contributed by atoms with van der Waals surface area (Å²) >= 11 is 1.89. The molecule has 0 amide bonds. The van der Waals surface area contributed by atoms with Crippen molar-refractivity contribution in [1.29, 1.82) is 0 Å². The Hall–Kier alpha value is -1.30. The second-order valence-corrected chi connectivity index (χ2v) is 10.3. The minimum Gasteiger partial charge on any atom is -0.355 e. The number of likely N-dealkylation sites (tertiary alicyclic amines) is 1. The van der Waals surface area contributed by atoms with Crippen molar-refractivity contribution in [2.24, 2.45) is 10.9 Å². The van der Waals surface area contributed by atoms with E-state index >= 15 is 0 Å². The zero-order chi connectivity index (χ0) is 21.2. The number of rotatable bonds is 9. The molecule has 1 heterocycles. The summed E-state index contributed by atoms with van der Waals surface area (Å²) in [5.41, 5.74) is 0.946. The molecular weight excluding hydrogens is 543 g/mol. The number of benzene rings is 2. The molecule has 3 rings (SSSR count). The van der Waals surface area contributed by atoms with Gasteiger partial charge >= 0.3 is 0 Å². The fourth-order valence-corrected chi connectivity index (χ4v) is 5.33. The van der Waals surface area contributed by atoms with E-state index in [-0.39, 0.29) is 29.7 Å². The van der Waals surface area contributed by atoms with Crippen LogP contribution in [-0.4, -0.2) is 57.5 Å². The first-order valence-corrected chi connectivity index (χ1v) is 12.8. The Labute approximate surface area is 207 Å². The van der Waals surface area contributed by atoms with Gasteiger partial charge in [0, 0.05) is 43.9 Å². The van der Waals surface area contributed by atoms with E-state index in [0.717, 1.165) is 36.8 Å². The molecule has 0 spiro atoms. The third-order valence-corrected chi connectivity index (χ3v) is 7.59. The lowest BCUT2D eigenvalue weighted by Crippen LogP contribution is -2.43. The smallest absolute Gasteiger partial charge is 0.213 e. The molecule has 2 N–H and O–H groups in total. The van der Waals surface area contributed by atoms with Crippen molar-refractivity contribution in [2.75, 3.05) is 38.2 Å². The lowest BCUT2D eigenvalue weighted by Gasteiger charge is -2.21. The topological polar surface area (TPSA) is 73.8 Å². The van der Waals surface area contributed by atoms with Gasteiger partial charge in [-0.15, -0.1) is 35.7 Å². The first-order valence-electron chi connectivity index (χ1n) is 10.2. The Kier molecular flexibility index (Phi) is 11.1. The second kappa shape index (κ2) is 13.3. The number of aliphatic imine (C=N–C) groups is 1. The SMILES string of the molecule is CN=C(NCCS(=O)(=O)NCc1ccccc1)N1CCC(CSc2ccccc2)C1.I. The van der Waals surface area contributed by atoms with Crippen LogP contribution < -0.4 is 10.0 Å². The van der Waals surface area contributed by atoms with Gasteiger partial charge in [0.15, 0.2) is 5.96 Å². The molecule has 1 aliphatic rings. The van der Waals surface area contributed by atoms with E-state index in [1.807, 2.05) is 48.2 Å². The summed E-state index contributed by atoms with van der Waals surface area (Å²) in [5, 5.41) is 3.21. The summed E-state index contributed by atoms with van der Waals surface area (Å²) in [6.07, 6.45) is 1.12. The van der Waals surface area contributed by atoms with Gasteiger partial charge in [0.05, 0.1) is 5.75 Å². The summed E-state index contributed by atoms with van der Waals surface area (Å²) < 4.78 is 27.2. The zero-order valence-corrected chi connectivity index (χ0v) is 21.7. The second-order valence-electron chi connectivity index (χ2n) is 7.32. The first kappa shape index (κ1) is 26.0. The van der Waals surface area contributed by atoms with Crippen molar-refractivity contribution in [3.05, 3.63) is 66.2 Å². The van der Waals surface area contributed by atoms with Crippen LogP contribution in [-0.2, 0) is 16.6 Å². The van der Waals surface area contributed by atoms with Crippen molar-refractivity contribution in [3.63, 3.8) is 0 Å². The largest absolute Gasteiger partial charge is 0.355 e. The average Bonchev–Trinajstić information content (AvgIpc) is 3.24. The normalized spacial score (nSPS) is 16.7. The van der Waals surface area contributed by atoms with E-state index in [0.29, 0.717) is 19.0 Å². The van der Waals surface area contributed by atoms with Crippen molar-refractivity contribution in [3.8, 4) is 0 Å². The number of thioether (sulfide) groups is 1. The van der Waals surface area contributed by atoms with Gasteiger partial charge in [-0.2, -0.15) is 0 Å². The molecule has 0 aliphatic carbocycles. The highest BCUT2D eigenvalue weighted by atomic mass is 127. The van der Waals surface area contributed by atoms with Crippen LogP contribution in [0.3, 0.4) is 0 Å². The molecule has 1 saturated heterocycles. The molecule has 2 aromatic rings. The lowest BCUT2D eigenvalue weighted by atomic mass is 10.2.